The van der Waals surface area contributed by atoms with Crippen LogP contribution in [0.2, 0.25) is 0 Å². The number of nitrogens with one attached hydrogen (secondary N) is 1. The first-order valence-electron chi connectivity index (χ1n) is 7.77. The van der Waals surface area contributed by atoms with Crippen LogP contribution in [0, 0.1) is 0 Å². The predicted octanol–water partition coefficient (Wildman–Crippen LogP) is 3.10. The van der Waals surface area contributed by atoms with Crippen molar-refractivity contribution in [3.05, 3.63) is 45.5 Å². The van der Waals surface area contributed by atoms with E-state index >= 15 is 0 Å². The summed E-state index contributed by atoms with van der Waals surface area (Å²) in [5.74, 6) is -0.697. The van der Waals surface area contributed by atoms with Crippen LogP contribution < -0.4 is 5.43 Å². The highest BCUT2D eigenvalue weighted by Gasteiger charge is 2.28. The molecule has 2 N–H and O–H groups in total. The molecular formula is C18H20BrN3O3. The molecule has 0 aromatic heterocycles. The van der Waals surface area contributed by atoms with Crippen LogP contribution in [0.5, 0.6) is 0 Å². The molecule has 1 heterocycles. The Bertz CT molecular complexity index is 797. The number of aliphatic hydroxyl groups excluding tert-OH is 1. The maximum absolute atomic E-state index is 12.2. The highest BCUT2D eigenvalue weighted by Crippen LogP contribution is 2.29. The van der Waals surface area contributed by atoms with Gasteiger partial charge in [-0.1, -0.05) is 33.6 Å². The average Bonchev–Trinajstić information content (AvgIpc) is 2.58. The summed E-state index contributed by atoms with van der Waals surface area (Å²) >= 11 is 3.39. The number of carbonyl (C=O) groups is 2. The van der Waals surface area contributed by atoms with Gasteiger partial charge in [-0.2, -0.15) is 5.01 Å². The topological polar surface area (TPSA) is 82.0 Å². The molecule has 0 fully saturated rings. The van der Waals surface area contributed by atoms with Crippen LogP contribution in [0.3, 0.4) is 0 Å². The number of carbonyl (C=O) groups excluding carboxylic acids is 2. The monoisotopic (exact) mass is 405 g/mol. The minimum atomic E-state index is -0.376. The number of hydrazine groups is 1. The Hall–Kier alpha value is -2.25. The van der Waals surface area contributed by atoms with Crippen molar-refractivity contribution in [3.63, 3.8) is 0 Å². The molecule has 0 radical (unpaired) electrons. The van der Waals surface area contributed by atoms with E-state index in [2.05, 4.69) is 26.3 Å². The van der Waals surface area contributed by atoms with Gasteiger partial charge in [-0.3, -0.25) is 15.0 Å². The number of aliphatic hydroxyl groups is 1. The summed E-state index contributed by atoms with van der Waals surface area (Å²) in [7, 11) is 0. The quantitative estimate of drug-likeness (QED) is 0.447. The second-order valence-electron chi connectivity index (χ2n) is 5.64. The number of rotatable bonds is 5. The molecule has 0 aliphatic carbocycles. The normalized spacial score (nSPS) is 16.2. The van der Waals surface area contributed by atoms with Crippen LogP contribution in [-0.4, -0.2) is 34.9 Å². The van der Waals surface area contributed by atoms with E-state index in [9.17, 15) is 14.7 Å². The molecule has 1 aromatic carbocycles. The summed E-state index contributed by atoms with van der Waals surface area (Å²) in [6.07, 6.45) is 3.32. The molecule has 0 saturated carbocycles. The van der Waals surface area contributed by atoms with Crippen LogP contribution >= 0.6 is 15.9 Å². The molecule has 2 rings (SSSR count). The Labute approximate surface area is 155 Å². The van der Waals surface area contributed by atoms with Crippen LogP contribution in [0.1, 0.15) is 32.8 Å². The van der Waals surface area contributed by atoms with Crippen molar-refractivity contribution in [2.24, 2.45) is 4.99 Å². The Morgan fingerprint density at radius 1 is 1.40 bits per heavy atom. The lowest BCUT2D eigenvalue weighted by Crippen LogP contribution is -2.49. The zero-order valence-corrected chi connectivity index (χ0v) is 15.9. The van der Waals surface area contributed by atoms with Gasteiger partial charge < -0.3 is 5.11 Å². The Kier molecular flexibility index (Phi) is 6.27. The molecule has 0 spiro atoms. The Balaban J connectivity index is 2.24. The smallest absolute Gasteiger partial charge is 0.275 e. The molecule has 0 saturated heterocycles. The average molecular weight is 406 g/mol. The summed E-state index contributed by atoms with van der Waals surface area (Å²) < 4.78 is 0.830. The number of imide groups is 1. The van der Waals surface area contributed by atoms with Crippen LogP contribution in [0.25, 0.3) is 5.57 Å². The van der Waals surface area contributed by atoms with E-state index in [0.29, 0.717) is 11.3 Å². The second-order valence-corrected chi connectivity index (χ2v) is 6.55. The third kappa shape index (κ3) is 4.24. The molecule has 0 bridgehead atoms. The number of nitrogens with zero attached hydrogens (tertiary/aromatic N) is 2. The molecule has 0 atom stereocenters. The van der Waals surface area contributed by atoms with E-state index in [-0.39, 0.29) is 24.8 Å². The second kappa shape index (κ2) is 8.22. The van der Waals surface area contributed by atoms with Gasteiger partial charge in [0.05, 0.1) is 18.7 Å². The first-order valence-corrected chi connectivity index (χ1v) is 8.56. The van der Waals surface area contributed by atoms with E-state index < -0.39 is 0 Å². The molecular weight excluding hydrogens is 386 g/mol. The van der Waals surface area contributed by atoms with Crippen molar-refractivity contribution >= 4 is 45.3 Å². The molecule has 6 nitrogen and oxygen atoms in total. The molecule has 1 aliphatic rings. The lowest BCUT2D eigenvalue weighted by Gasteiger charge is -2.25. The number of hydrogen-bond acceptors (Lipinski definition) is 4. The van der Waals surface area contributed by atoms with Gasteiger partial charge >= 0.3 is 0 Å². The third-order valence-corrected chi connectivity index (χ3v) is 4.54. The number of amides is 2. The zero-order chi connectivity index (χ0) is 18.6. The molecule has 0 unspecified atom stereocenters. The van der Waals surface area contributed by atoms with Gasteiger partial charge in [-0.15, -0.1) is 0 Å². The fourth-order valence-electron chi connectivity index (χ4n) is 2.40. The molecule has 1 aromatic rings. The summed E-state index contributed by atoms with van der Waals surface area (Å²) in [5.41, 5.74) is 6.10. The number of benzene rings is 1. The first-order chi connectivity index (χ1) is 11.9. The van der Waals surface area contributed by atoms with Gasteiger partial charge in [-0.05, 0) is 38.5 Å². The van der Waals surface area contributed by atoms with Gasteiger partial charge in [-0.25, -0.2) is 4.99 Å². The lowest BCUT2D eigenvalue weighted by atomic mass is 10.0. The van der Waals surface area contributed by atoms with Crippen molar-refractivity contribution < 1.29 is 14.7 Å². The zero-order valence-electron chi connectivity index (χ0n) is 14.3. The van der Waals surface area contributed by atoms with E-state index in [1.807, 2.05) is 25.1 Å². The van der Waals surface area contributed by atoms with Gasteiger partial charge in [0.15, 0.2) is 0 Å². The number of halogens is 1. The Morgan fingerprint density at radius 2 is 2.12 bits per heavy atom. The molecule has 2 amide bonds. The largest absolute Gasteiger partial charge is 0.392 e. The summed E-state index contributed by atoms with van der Waals surface area (Å²) in [4.78, 5) is 28.5. The molecule has 1 aliphatic heterocycles. The van der Waals surface area contributed by atoms with Gasteiger partial charge in [0.1, 0.15) is 6.34 Å². The summed E-state index contributed by atoms with van der Waals surface area (Å²) in [6, 6.07) is 5.49. The Morgan fingerprint density at radius 3 is 2.76 bits per heavy atom. The number of aliphatic imine (C=N–C) groups is 1. The van der Waals surface area contributed by atoms with Gasteiger partial charge in [0.25, 0.3) is 11.8 Å². The molecule has 132 valence electrons. The standard InChI is InChI=1S/C18H20BrN3O3/c1-4-13(9-23)15-6-5-14(19)8-16(15)20-10-21-22-17(24)7-11(2)12(3)18(22)25/h4-6,8,10,23H,7,9H2,1-3H3,(H,20,21)/b13-4-. The van der Waals surface area contributed by atoms with Crippen LogP contribution in [0.15, 0.2) is 44.9 Å². The lowest BCUT2D eigenvalue weighted by molar-refractivity contribution is -0.145. The SMILES string of the molecule is C/C=C(/CO)c1ccc(Br)cc1N=CNN1C(=O)CC(C)=C(C)C1=O. The number of hydrogen-bond donors (Lipinski definition) is 2. The highest BCUT2D eigenvalue weighted by molar-refractivity contribution is 9.10. The van der Waals surface area contributed by atoms with Crippen LogP contribution in [0.4, 0.5) is 5.69 Å². The fraction of sp³-hybridized carbons (Fsp3) is 0.278. The van der Waals surface area contributed by atoms with Crippen molar-refractivity contribution in [1.29, 1.82) is 0 Å². The van der Waals surface area contributed by atoms with E-state index in [1.54, 1.807) is 19.9 Å². The third-order valence-electron chi connectivity index (χ3n) is 4.04. The number of allylic oxidation sites excluding steroid dienone is 1. The highest BCUT2D eigenvalue weighted by atomic mass is 79.9. The van der Waals surface area contributed by atoms with Gasteiger partial charge in [0.2, 0.25) is 0 Å². The van der Waals surface area contributed by atoms with E-state index in [4.69, 9.17) is 0 Å². The van der Waals surface area contributed by atoms with Crippen molar-refractivity contribution in [1.82, 2.24) is 10.4 Å². The van der Waals surface area contributed by atoms with E-state index in [1.165, 1.54) is 6.34 Å². The predicted molar refractivity (Wildman–Crippen MR) is 101 cm³/mol. The van der Waals surface area contributed by atoms with Crippen molar-refractivity contribution in [2.75, 3.05) is 6.61 Å². The van der Waals surface area contributed by atoms with Gasteiger partial charge in [0, 0.05) is 15.6 Å². The molecule has 7 heteroatoms. The minimum absolute atomic E-state index is 0.111. The van der Waals surface area contributed by atoms with Crippen molar-refractivity contribution in [3.8, 4) is 0 Å². The van der Waals surface area contributed by atoms with Crippen molar-refractivity contribution in [2.45, 2.75) is 27.2 Å². The fourth-order valence-corrected chi connectivity index (χ4v) is 2.75. The minimum Gasteiger partial charge on any atom is -0.392 e. The summed E-state index contributed by atoms with van der Waals surface area (Å²) in [5, 5.41) is 10.4. The molecule has 25 heavy (non-hydrogen) atoms. The van der Waals surface area contributed by atoms with E-state index in [0.717, 1.165) is 26.2 Å². The maximum atomic E-state index is 12.2. The maximum Gasteiger partial charge on any atom is 0.275 e. The first kappa shape index (κ1) is 19.1. The summed E-state index contributed by atoms with van der Waals surface area (Å²) in [6.45, 7) is 5.20. The van der Waals surface area contributed by atoms with Crippen LogP contribution in [-0.2, 0) is 9.59 Å².